The van der Waals surface area contributed by atoms with E-state index >= 15 is 0 Å². The highest BCUT2D eigenvalue weighted by Gasteiger charge is 2.08. The Balaban J connectivity index is 1.98. The van der Waals surface area contributed by atoms with E-state index in [2.05, 4.69) is 5.32 Å². The van der Waals surface area contributed by atoms with Gasteiger partial charge in [-0.2, -0.15) is 0 Å². The zero-order valence-electron chi connectivity index (χ0n) is 12.0. The summed E-state index contributed by atoms with van der Waals surface area (Å²) in [4.78, 5) is 12.0. The number of nitrogens with one attached hydrogen (secondary N) is 1. The number of amides is 1. The molecule has 0 aliphatic carbocycles. The van der Waals surface area contributed by atoms with Gasteiger partial charge in [-0.25, -0.2) is 8.42 Å². The van der Waals surface area contributed by atoms with Crippen molar-refractivity contribution in [3.63, 3.8) is 0 Å². The van der Waals surface area contributed by atoms with Crippen molar-refractivity contribution in [1.82, 2.24) is 5.32 Å². The minimum Gasteiger partial charge on any atom is -0.348 e. The molecule has 1 amide bonds. The van der Waals surface area contributed by atoms with Crippen LogP contribution < -0.4 is 5.32 Å². The Morgan fingerprint density at radius 1 is 1.09 bits per heavy atom. The summed E-state index contributed by atoms with van der Waals surface area (Å²) in [5.74, 6) is -0.247. The summed E-state index contributed by atoms with van der Waals surface area (Å²) >= 11 is 5.89. The molecular weight excluding hydrogens is 322 g/mol. The van der Waals surface area contributed by atoms with Gasteiger partial charge in [0.1, 0.15) is 0 Å². The first-order valence-electron chi connectivity index (χ1n) is 6.63. The van der Waals surface area contributed by atoms with Crippen LogP contribution in [-0.2, 0) is 22.1 Å². The van der Waals surface area contributed by atoms with E-state index in [1.54, 1.807) is 36.4 Å². The second-order valence-corrected chi connectivity index (χ2v) is 7.66. The van der Waals surface area contributed by atoms with E-state index in [4.69, 9.17) is 11.6 Å². The molecule has 0 aliphatic heterocycles. The molecule has 2 aromatic carbocycles. The average molecular weight is 338 g/mol. The predicted octanol–water partition coefficient (Wildman–Crippen LogP) is 2.81. The van der Waals surface area contributed by atoms with Gasteiger partial charge in [0.05, 0.1) is 5.75 Å². The van der Waals surface area contributed by atoms with E-state index in [0.29, 0.717) is 22.7 Å². The van der Waals surface area contributed by atoms with E-state index in [0.717, 1.165) is 5.56 Å². The molecular formula is C16H16ClNO3S. The first kappa shape index (κ1) is 16.5. The van der Waals surface area contributed by atoms with Crippen molar-refractivity contribution < 1.29 is 13.2 Å². The summed E-state index contributed by atoms with van der Waals surface area (Å²) < 4.78 is 22.4. The topological polar surface area (TPSA) is 63.2 Å². The van der Waals surface area contributed by atoms with E-state index in [-0.39, 0.29) is 11.7 Å². The van der Waals surface area contributed by atoms with Crippen molar-refractivity contribution in [3.05, 3.63) is 70.2 Å². The lowest BCUT2D eigenvalue weighted by Crippen LogP contribution is -2.22. The highest BCUT2D eigenvalue weighted by atomic mass is 35.5. The fraction of sp³-hybridized carbons (Fsp3) is 0.188. The van der Waals surface area contributed by atoms with Crippen LogP contribution in [0.1, 0.15) is 21.5 Å². The van der Waals surface area contributed by atoms with Gasteiger partial charge in [-0.15, -0.1) is 0 Å². The molecule has 0 radical (unpaired) electrons. The van der Waals surface area contributed by atoms with Gasteiger partial charge in [-0.05, 0) is 35.4 Å². The molecule has 0 atom stereocenters. The summed E-state index contributed by atoms with van der Waals surface area (Å²) in [5, 5.41) is 3.42. The van der Waals surface area contributed by atoms with Gasteiger partial charge >= 0.3 is 0 Å². The first-order valence-corrected chi connectivity index (χ1v) is 9.07. The fourth-order valence-corrected chi connectivity index (χ4v) is 3.00. The van der Waals surface area contributed by atoms with E-state index in [1.807, 2.05) is 12.1 Å². The van der Waals surface area contributed by atoms with Crippen LogP contribution in [0.5, 0.6) is 0 Å². The van der Waals surface area contributed by atoms with Crippen LogP contribution >= 0.6 is 11.6 Å². The molecule has 22 heavy (non-hydrogen) atoms. The van der Waals surface area contributed by atoms with Gasteiger partial charge in [0, 0.05) is 23.4 Å². The van der Waals surface area contributed by atoms with Crippen molar-refractivity contribution in [2.45, 2.75) is 12.3 Å². The number of sulfone groups is 1. The number of benzene rings is 2. The summed E-state index contributed by atoms with van der Waals surface area (Å²) in [7, 11) is -3.07. The van der Waals surface area contributed by atoms with Crippen LogP contribution in [0.3, 0.4) is 0 Å². The summed E-state index contributed by atoms with van der Waals surface area (Å²) in [5.41, 5.74) is 2.06. The molecule has 0 bridgehead atoms. The molecule has 0 spiro atoms. The van der Waals surface area contributed by atoms with Crippen LogP contribution in [-0.4, -0.2) is 20.6 Å². The lowest BCUT2D eigenvalue weighted by molar-refractivity contribution is 0.0951. The molecule has 0 saturated heterocycles. The minimum absolute atomic E-state index is 0.0303. The van der Waals surface area contributed by atoms with Gasteiger partial charge in [0.25, 0.3) is 5.91 Å². The van der Waals surface area contributed by atoms with Gasteiger partial charge in [-0.1, -0.05) is 35.9 Å². The Bertz CT molecular complexity index is 770. The lowest BCUT2D eigenvalue weighted by atomic mass is 10.1. The molecule has 2 aromatic rings. The predicted molar refractivity (Wildman–Crippen MR) is 87.6 cm³/mol. The highest BCUT2D eigenvalue weighted by molar-refractivity contribution is 7.89. The monoisotopic (exact) mass is 337 g/mol. The number of carbonyl (C=O) groups excluding carboxylic acids is 1. The normalized spacial score (nSPS) is 11.2. The third-order valence-electron chi connectivity index (χ3n) is 2.99. The number of hydrogen-bond acceptors (Lipinski definition) is 3. The molecule has 1 N–H and O–H groups in total. The standard InChI is InChI=1S/C16H16ClNO3S/c1-22(20,21)11-12-5-7-14(8-6-12)16(19)18-10-13-3-2-4-15(17)9-13/h2-9H,10-11H2,1H3,(H,18,19). The maximum absolute atomic E-state index is 12.0. The van der Waals surface area contributed by atoms with Crippen molar-refractivity contribution in [2.24, 2.45) is 0 Å². The van der Waals surface area contributed by atoms with Crippen LogP contribution in [0.15, 0.2) is 48.5 Å². The lowest BCUT2D eigenvalue weighted by Gasteiger charge is -2.07. The second kappa shape index (κ2) is 6.94. The molecule has 6 heteroatoms. The Morgan fingerprint density at radius 2 is 1.77 bits per heavy atom. The van der Waals surface area contributed by atoms with Gasteiger partial charge in [0.2, 0.25) is 0 Å². The van der Waals surface area contributed by atoms with E-state index in [1.165, 1.54) is 6.26 Å². The third-order valence-corrected chi connectivity index (χ3v) is 4.08. The largest absolute Gasteiger partial charge is 0.348 e. The number of rotatable bonds is 5. The number of carbonyl (C=O) groups is 1. The van der Waals surface area contributed by atoms with Crippen LogP contribution in [0, 0.1) is 0 Å². The molecule has 0 heterocycles. The van der Waals surface area contributed by atoms with Gasteiger partial charge in [0.15, 0.2) is 9.84 Å². The smallest absolute Gasteiger partial charge is 0.251 e. The summed E-state index contributed by atoms with van der Waals surface area (Å²) in [6.45, 7) is 0.379. The maximum atomic E-state index is 12.0. The van der Waals surface area contributed by atoms with Crippen molar-refractivity contribution in [1.29, 1.82) is 0 Å². The molecule has 0 aromatic heterocycles. The molecule has 0 saturated carbocycles. The molecule has 116 valence electrons. The summed E-state index contributed by atoms with van der Waals surface area (Å²) in [6.07, 6.45) is 1.18. The van der Waals surface area contributed by atoms with Crippen LogP contribution in [0.2, 0.25) is 5.02 Å². The number of hydrogen-bond donors (Lipinski definition) is 1. The Hall–Kier alpha value is -1.85. The number of halogens is 1. The average Bonchev–Trinajstić information content (AvgIpc) is 2.44. The molecule has 0 fully saturated rings. The zero-order valence-corrected chi connectivity index (χ0v) is 13.6. The highest BCUT2D eigenvalue weighted by Crippen LogP contribution is 2.11. The third kappa shape index (κ3) is 5.16. The van der Waals surface area contributed by atoms with Crippen LogP contribution in [0.4, 0.5) is 0 Å². The minimum atomic E-state index is -3.07. The Labute approximate surface area is 135 Å². The SMILES string of the molecule is CS(=O)(=O)Cc1ccc(C(=O)NCc2cccc(Cl)c2)cc1. The van der Waals surface area contributed by atoms with Crippen LogP contribution in [0.25, 0.3) is 0 Å². The summed E-state index contributed by atoms with van der Waals surface area (Å²) in [6, 6.07) is 13.8. The first-order chi connectivity index (χ1) is 10.3. The molecule has 2 rings (SSSR count). The van der Waals surface area contributed by atoms with Crippen molar-refractivity contribution in [2.75, 3.05) is 6.26 Å². The van der Waals surface area contributed by atoms with Gasteiger partial charge < -0.3 is 5.32 Å². The zero-order chi connectivity index (χ0) is 16.2. The van der Waals surface area contributed by atoms with Crippen molar-refractivity contribution in [3.8, 4) is 0 Å². The quantitative estimate of drug-likeness (QED) is 0.912. The van der Waals surface area contributed by atoms with Gasteiger partial charge in [-0.3, -0.25) is 4.79 Å². The van der Waals surface area contributed by atoms with E-state index in [9.17, 15) is 13.2 Å². The Kier molecular flexibility index (Phi) is 5.21. The second-order valence-electron chi connectivity index (χ2n) is 5.08. The fourth-order valence-electron chi connectivity index (χ4n) is 1.99. The van der Waals surface area contributed by atoms with E-state index < -0.39 is 9.84 Å². The molecule has 0 aliphatic rings. The molecule has 0 unspecified atom stereocenters. The maximum Gasteiger partial charge on any atom is 0.251 e. The molecule has 4 nitrogen and oxygen atoms in total. The van der Waals surface area contributed by atoms with Crippen molar-refractivity contribution >= 4 is 27.3 Å². The Morgan fingerprint density at radius 3 is 2.36 bits per heavy atom.